The van der Waals surface area contributed by atoms with Gasteiger partial charge in [0.25, 0.3) is 0 Å². The highest BCUT2D eigenvalue weighted by Gasteiger charge is 2.21. The first-order chi connectivity index (χ1) is 12.9. The van der Waals surface area contributed by atoms with Crippen molar-refractivity contribution in [2.45, 2.75) is 29.9 Å². The zero-order valence-corrected chi connectivity index (χ0v) is 16.8. The van der Waals surface area contributed by atoms with Crippen molar-refractivity contribution in [3.05, 3.63) is 48.4 Å². The molecule has 0 saturated carbocycles. The number of halogens is 1. The van der Waals surface area contributed by atoms with Gasteiger partial charge in [0, 0.05) is 25.0 Å². The molecule has 0 unspecified atom stereocenters. The van der Waals surface area contributed by atoms with Crippen molar-refractivity contribution >= 4 is 21.8 Å². The minimum Gasteiger partial charge on any atom is -0.491 e. The summed E-state index contributed by atoms with van der Waals surface area (Å²) in [5.74, 6) is 0.455. The molecule has 1 aromatic carbocycles. The van der Waals surface area contributed by atoms with E-state index in [2.05, 4.69) is 4.98 Å². The summed E-state index contributed by atoms with van der Waals surface area (Å²) in [5.41, 5.74) is 0. The third kappa shape index (κ3) is 6.17. The number of rotatable bonds is 10. The molecular formula is C18H23FN2O4S2. The van der Waals surface area contributed by atoms with Crippen molar-refractivity contribution in [1.82, 2.24) is 9.29 Å². The van der Waals surface area contributed by atoms with Gasteiger partial charge in [-0.3, -0.25) is 0 Å². The maximum Gasteiger partial charge on any atom is 0.244 e. The topological polar surface area (TPSA) is 79.7 Å². The van der Waals surface area contributed by atoms with Gasteiger partial charge in [0.05, 0.1) is 11.1 Å². The molecule has 6 nitrogen and oxygen atoms in total. The molecule has 1 heterocycles. The molecule has 0 amide bonds. The van der Waals surface area contributed by atoms with Crippen LogP contribution >= 0.6 is 11.8 Å². The minimum absolute atomic E-state index is 0.0626. The molecule has 1 atom stereocenters. The average molecular weight is 415 g/mol. The number of aromatic nitrogens is 1. The summed E-state index contributed by atoms with van der Waals surface area (Å²) >= 11 is 1.30. The summed E-state index contributed by atoms with van der Waals surface area (Å²) in [4.78, 5) is 4.31. The molecule has 2 rings (SSSR count). The molecule has 1 N–H and O–H groups in total. The Morgan fingerprint density at radius 2 is 1.85 bits per heavy atom. The number of pyridine rings is 1. The number of nitrogens with zero attached hydrogens (tertiary/aromatic N) is 2. The van der Waals surface area contributed by atoms with Gasteiger partial charge in [-0.2, -0.15) is 4.31 Å². The Kier molecular flexibility index (Phi) is 8.03. The van der Waals surface area contributed by atoms with Gasteiger partial charge in [-0.1, -0.05) is 13.8 Å². The zero-order chi connectivity index (χ0) is 19.9. The highest BCUT2D eigenvalue weighted by Crippen LogP contribution is 2.20. The highest BCUT2D eigenvalue weighted by molar-refractivity contribution is 7.99. The molecule has 0 fully saturated rings. The molecule has 0 saturated heterocycles. The predicted octanol–water partition coefficient (Wildman–Crippen LogP) is 2.78. The lowest BCUT2D eigenvalue weighted by atomic mass is 10.3. The summed E-state index contributed by atoms with van der Waals surface area (Å²) < 4.78 is 44.4. The van der Waals surface area contributed by atoms with Gasteiger partial charge < -0.3 is 9.84 Å². The van der Waals surface area contributed by atoms with Crippen molar-refractivity contribution in [2.75, 3.05) is 25.4 Å². The fraction of sp³-hybridized carbons (Fsp3) is 0.389. The lowest BCUT2D eigenvalue weighted by Gasteiger charge is -2.18. The van der Waals surface area contributed by atoms with Crippen LogP contribution in [-0.2, 0) is 10.0 Å². The van der Waals surface area contributed by atoms with Crippen LogP contribution in [0.5, 0.6) is 5.75 Å². The van der Waals surface area contributed by atoms with Gasteiger partial charge in [0.15, 0.2) is 0 Å². The molecule has 0 spiro atoms. The van der Waals surface area contributed by atoms with Crippen LogP contribution < -0.4 is 4.74 Å². The van der Waals surface area contributed by atoms with Crippen LogP contribution in [0.25, 0.3) is 0 Å². The van der Waals surface area contributed by atoms with E-state index in [9.17, 15) is 17.9 Å². The van der Waals surface area contributed by atoms with Crippen LogP contribution in [-0.4, -0.2) is 54.4 Å². The van der Waals surface area contributed by atoms with Crippen molar-refractivity contribution in [3.63, 3.8) is 0 Å². The number of benzene rings is 1. The summed E-state index contributed by atoms with van der Waals surface area (Å²) in [5, 5.41) is 10.6. The smallest absolute Gasteiger partial charge is 0.244 e. The first kappa shape index (κ1) is 21.6. The number of aliphatic hydroxyl groups excluding tert-OH is 1. The van der Waals surface area contributed by atoms with Gasteiger partial charge in [0.1, 0.15) is 23.1 Å². The van der Waals surface area contributed by atoms with Crippen LogP contribution in [0.4, 0.5) is 4.39 Å². The quantitative estimate of drug-likeness (QED) is 0.602. The van der Waals surface area contributed by atoms with Gasteiger partial charge in [0.2, 0.25) is 10.0 Å². The van der Waals surface area contributed by atoms with Crippen molar-refractivity contribution in [2.24, 2.45) is 0 Å². The van der Waals surface area contributed by atoms with Gasteiger partial charge in [-0.25, -0.2) is 17.8 Å². The third-order valence-corrected chi connectivity index (χ3v) is 6.85. The van der Waals surface area contributed by atoms with Crippen LogP contribution in [0.15, 0.2) is 52.5 Å². The molecule has 0 aliphatic carbocycles. The molecule has 0 radical (unpaired) electrons. The fourth-order valence-electron chi connectivity index (χ4n) is 2.27. The molecular weight excluding hydrogens is 391 g/mol. The van der Waals surface area contributed by atoms with E-state index < -0.39 is 16.1 Å². The van der Waals surface area contributed by atoms with E-state index >= 15 is 0 Å². The van der Waals surface area contributed by atoms with E-state index in [1.165, 1.54) is 52.6 Å². The second-order valence-electron chi connectivity index (χ2n) is 5.65. The molecule has 148 valence electrons. The molecule has 0 bridgehead atoms. The molecule has 0 aliphatic rings. The minimum atomic E-state index is -3.53. The first-order valence-corrected chi connectivity index (χ1v) is 10.9. The van der Waals surface area contributed by atoms with Gasteiger partial charge in [-0.05, 0) is 36.4 Å². The standard InChI is InChI=1S/C18H23FN2O4S2/c1-3-21(4-2)27(23,24)17-9-10-18(20-11-17)26-13-15(22)12-25-16-7-5-14(19)6-8-16/h5-11,15,22H,3-4,12-13H2,1-2H3/t15-/m1/s1. The normalized spacial score (nSPS) is 12.9. The largest absolute Gasteiger partial charge is 0.491 e. The van der Waals surface area contributed by atoms with E-state index in [4.69, 9.17) is 4.74 Å². The predicted molar refractivity (Wildman–Crippen MR) is 103 cm³/mol. The monoisotopic (exact) mass is 414 g/mol. The van der Waals surface area contributed by atoms with Crippen LogP contribution in [0, 0.1) is 5.82 Å². The van der Waals surface area contributed by atoms with Crippen LogP contribution in [0.2, 0.25) is 0 Å². The number of hydrogen-bond donors (Lipinski definition) is 1. The summed E-state index contributed by atoms with van der Waals surface area (Å²) in [6.07, 6.45) is 0.582. The van der Waals surface area contributed by atoms with E-state index in [-0.39, 0.29) is 17.3 Å². The third-order valence-electron chi connectivity index (χ3n) is 3.73. The maximum absolute atomic E-state index is 12.8. The second kappa shape index (κ2) is 10.0. The average Bonchev–Trinajstić information content (AvgIpc) is 2.67. The van der Waals surface area contributed by atoms with Crippen LogP contribution in [0.1, 0.15) is 13.8 Å². The molecule has 9 heteroatoms. The Balaban J connectivity index is 1.86. The van der Waals surface area contributed by atoms with Crippen molar-refractivity contribution in [3.8, 4) is 5.75 Å². The van der Waals surface area contributed by atoms with Crippen molar-refractivity contribution in [1.29, 1.82) is 0 Å². The Labute approximate surface area is 163 Å². The molecule has 1 aromatic heterocycles. The Hall–Kier alpha value is -1.68. The van der Waals surface area contributed by atoms with E-state index in [1.54, 1.807) is 19.9 Å². The fourth-order valence-corrected chi connectivity index (χ4v) is 4.42. The van der Waals surface area contributed by atoms with Crippen molar-refractivity contribution < 1.29 is 22.7 Å². The Bertz CT molecular complexity index is 810. The molecule has 27 heavy (non-hydrogen) atoms. The highest BCUT2D eigenvalue weighted by atomic mass is 32.2. The maximum atomic E-state index is 12.8. The Morgan fingerprint density at radius 3 is 2.41 bits per heavy atom. The number of ether oxygens (including phenoxy) is 1. The number of aliphatic hydroxyl groups is 1. The van der Waals surface area contributed by atoms with Gasteiger partial charge in [-0.15, -0.1) is 11.8 Å². The van der Waals surface area contributed by atoms with Crippen LogP contribution in [0.3, 0.4) is 0 Å². The lowest BCUT2D eigenvalue weighted by Crippen LogP contribution is -2.30. The van der Waals surface area contributed by atoms with Gasteiger partial charge >= 0.3 is 0 Å². The summed E-state index contributed by atoms with van der Waals surface area (Å²) in [6.45, 7) is 4.43. The SMILES string of the molecule is CCN(CC)S(=O)(=O)c1ccc(SC[C@H](O)COc2ccc(F)cc2)nc1. The second-order valence-corrected chi connectivity index (χ2v) is 8.63. The zero-order valence-electron chi connectivity index (χ0n) is 15.2. The first-order valence-electron chi connectivity index (χ1n) is 8.52. The van der Waals surface area contributed by atoms with E-state index in [0.29, 0.717) is 29.6 Å². The summed E-state index contributed by atoms with van der Waals surface area (Å²) in [7, 11) is -3.53. The van der Waals surface area contributed by atoms with E-state index in [1.807, 2.05) is 0 Å². The lowest BCUT2D eigenvalue weighted by molar-refractivity contribution is 0.126. The molecule has 2 aromatic rings. The number of sulfonamides is 1. The number of thioether (sulfide) groups is 1. The van der Waals surface area contributed by atoms with E-state index in [0.717, 1.165) is 0 Å². The molecule has 0 aliphatic heterocycles. The number of hydrogen-bond acceptors (Lipinski definition) is 6. The summed E-state index contributed by atoms with van der Waals surface area (Å²) in [6, 6.07) is 8.69. The Morgan fingerprint density at radius 1 is 1.19 bits per heavy atom.